The minimum absolute atomic E-state index is 0.845. The first-order valence-corrected chi connectivity index (χ1v) is 6.96. The van der Waals surface area contributed by atoms with E-state index in [0.717, 1.165) is 17.2 Å². The molecule has 0 fully saturated rings. The molecule has 0 aliphatic carbocycles. The number of rotatable bonds is 4. The molecule has 1 aromatic heterocycles. The van der Waals surface area contributed by atoms with Gasteiger partial charge >= 0.3 is 15.2 Å². The molecule has 0 aliphatic heterocycles. The zero-order chi connectivity index (χ0) is 12.6. The molecule has 0 bridgehead atoms. The minimum Gasteiger partial charge on any atom is -0.366 e. The van der Waals surface area contributed by atoms with E-state index in [-0.39, 0.29) is 0 Å². The monoisotopic (exact) mass is 273 g/mol. The second-order valence-corrected chi connectivity index (χ2v) is 7.01. The molecule has 0 spiro atoms. The molecular weight excluding hydrogens is 264 g/mol. The largest absolute Gasteiger partial charge is 0.371 e. The molecule has 0 saturated heterocycles. The molecule has 0 radical (unpaired) electrons. The Kier molecular flexibility index (Phi) is 3.37. The average Bonchev–Trinajstić information content (AvgIpc) is 2.52. The first-order chi connectivity index (χ1) is 7.08. The molecule has 12 heteroatoms. The van der Waals surface area contributed by atoms with E-state index in [1.165, 1.54) is 0 Å². The van der Waals surface area contributed by atoms with Gasteiger partial charge in [-0.3, -0.25) is 9.13 Å². The standard InChI is InChI=1S/C4H9N3O7P2/c8-4(15(9,10)11,16(12,13)14)1-7-2-5-6-3-7/h2-3,8H,1H2,(H2,9,10,11)(H2,12,13,14). The van der Waals surface area contributed by atoms with Gasteiger partial charge in [0, 0.05) is 0 Å². The Morgan fingerprint density at radius 2 is 1.44 bits per heavy atom. The highest BCUT2D eigenvalue weighted by atomic mass is 31.2. The van der Waals surface area contributed by atoms with Crippen LogP contribution in [0.5, 0.6) is 0 Å². The lowest BCUT2D eigenvalue weighted by molar-refractivity contribution is 0.115. The second-order valence-electron chi connectivity index (χ2n) is 3.00. The van der Waals surface area contributed by atoms with E-state index in [0.29, 0.717) is 0 Å². The Hall–Kier alpha value is -0.600. The summed E-state index contributed by atoms with van der Waals surface area (Å²) in [5.74, 6) is 0. The summed E-state index contributed by atoms with van der Waals surface area (Å²) < 4.78 is 22.7. The van der Waals surface area contributed by atoms with Crippen LogP contribution in [0, 0.1) is 0 Å². The molecule has 1 aromatic rings. The SMILES string of the molecule is O=P(O)(O)C(O)(Cn1cnnc1)P(=O)(O)O. The second kappa shape index (κ2) is 4.01. The van der Waals surface area contributed by atoms with Crippen molar-refractivity contribution in [2.45, 2.75) is 11.6 Å². The molecule has 0 amide bonds. The van der Waals surface area contributed by atoms with Crippen molar-refractivity contribution in [3.8, 4) is 0 Å². The maximum atomic E-state index is 10.9. The van der Waals surface area contributed by atoms with Gasteiger partial charge in [-0.1, -0.05) is 0 Å². The van der Waals surface area contributed by atoms with Gasteiger partial charge in [0.25, 0.3) is 5.08 Å². The third-order valence-electron chi connectivity index (χ3n) is 1.79. The van der Waals surface area contributed by atoms with Crippen molar-refractivity contribution in [3.63, 3.8) is 0 Å². The van der Waals surface area contributed by atoms with Gasteiger partial charge in [-0.2, -0.15) is 0 Å². The molecule has 0 unspecified atom stereocenters. The third-order valence-corrected chi connectivity index (χ3v) is 5.51. The minimum atomic E-state index is -5.43. The Balaban J connectivity index is 3.18. The predicted molar refractivity (Wildman–Crippen MR) is 49.1 cm³/mol. The number of nitrogens with zero attached hydrogens (tertiary/aromatic N) is 3. The van der Waals surface area contributed by atoms with Crippen molar-refractivity contribution in [1.29, 1.82) is 0 Å². The molecule has 5 N–H and O–H groups in total. The molecule has 0 atom stereocenters. The zero-order valence-corrected chi connectivity index (χ0v) is 9.44. The molecule has 0 saturated carbocycles. The summed E-state index contributed by atoms with van der Waals surface area (Å²) in [6, 6.07) is 0. The van der Waals surface area contributed by atoms with Crippen molar-refractivity contribution in [2.24, 2.45) is 0 Å². The molecule has 92 valence electrons. The van der Waals surface area contributed by atoms with E-state index in [2.05, 4.69) is 10.2 Å². The van der Waals surface area contributed by atoms with E-state index in [1.807, 2.05) is 0 Å². The van der Waals surface area contributed by atoms with Crippen LogP contribution in [0.2, 0.25) is 0 Å². The highest BCUT2D eigenvalue weighted by molar-refractivity contribution is 7.72. The first-order valence-electron chi connectivity index (χ1n) is 3.74. The molecule has 0 aliphatic rings. The van der Waals surface area contributed by atoms with Crippen LogP contribution in [0.15, 0.2) is 12.7 Å². The first kappa shape index (κ1) is 13.5. The van der Waals surface area contributed by atoms with Crippen molar-refractivity contribution in [3.05, 3.63) is 12.7 Å². The number of aromatic nitrogens is 3. The third kappa shape index (κ3) is 2.38. The summed E-state index contributed by atoms with van der Waals surface area (Å²) in [6.45, 7) is -1.02. The quantitative estimate of drug-likeness (QED) is 0.401. The lowest BCUT2D eigenvalue weighted by Crippen LogP contribution is -2.33. The average molecular weight is 273 g/mol. The van der Waals surface area contributed by atoms with Crippen LogP contribution in [0.3, 0.4) is 0 Å². The van der Waals surface area contributed by atoms with Crippen LogP contribution in [0.4, 0.5) is 0 Å². The van der Waals surface area contributed by atoms with Gasteiger partial charge in [0.1, 0.15) is 12.7 Å². The Bertz CT molecular complexity index is 424. The van der Waals surface area contributed by atoms with Crippen LogP contribution < -0.4 is 0 Å². The molecular formula is C4H9N3O7P2. The van der Waals surface area contributed by atoms with Crippen molar-refractivity contribution >= 4 is 15.2 Å². The van der Waals surface area contributed by atoms with Crippen molar-refractivity contribution in [2.75, 3.05) is 0 Å². The number of hydrogen-bond donors (Lipinski definition) is 5. The van der Waals surface area contributed by atoms with E-state index in [1.54, 1.807) is 0 Å². The summed E-state index contributed by atoms with van der Waals surface area (Å²) in [5, 5.41) is 12.5. The normalized spacial score (nSPS) is 14.1. The van der Waals surface area contributed by atoms with Gasteiger partial charge in [0.15, 0.2) is 0 Å². The fourth-order valence-electron chi connectivity index (χ4n) is 0.903. The van der Waals surface area contributed by atoms with Crippen LogP contribution in [-0.2, 0) is 15.7 Å². The Morgan fingerprint density at radius 3 is 1.75 bits per heavy atom. The molecule has 10 nitrogen and oxygen atoms in total. The molecule has 0 aromatic carbocycles. The summed E-state index contributed by atoms with van der Waals surface area (Å²) in [6.07, 6.45) is 1.91. The van der Waals surface area contributed by atoms with E-state index in [9.17, 15) is 14.2 Å². The van der Waals surface area contributed by atoms with Crippen LogP contribution in [-0.4, -0.2) is 44.5 Å². The Morgan fingerprint density at radius 1 is 1.06 bits per heavy atom. The fourth-order valence-corrected chi connectivity index (χ4v) is 2.96. The molecule has 1 heterocycles. The fraction of sp³-hybridized carbons (Fsp3) is 0.500. The lowest BCUT2D eigenvalue weighted by atomic mass is 10.6. The van der Waals surface area contributed by atoms with E-state index >= 15 is 0 Å². The predicted octanol–water partition coefficient (Wildman–Crippen LogP) is -1.72. The number of aliphatic hydroxyl groups is 1. The zero-order valence-electron chi connectivity index (χ0n) is 7.65. The highest BCUT2D eigenvalue weighted by Gasteiger charge is 2.59. The van der Waals surface area contributed by atoms with Crippen LogP contribution >= 0.6 is 15.2 Å². The van der Waals surface area contributed by atoms with Gasteiger partial charge in [-0.05, 0) is 0 Å². The van der Waals surface area contributed by atoms with Gasteiger partial charge < -0.3 is 29.2 Å². The van der Waals surface area contributed by atoms with E-state index < -0.39 is 26.8 Å². The summed E-state index contributed by atoms with van der Waals surface area (Å²) >= 11 is 0. The summed E-state index contributed by atoms with van der Waals surface area (Å²) in [5.41, 5.74) is 0. The van der Waals surface area contributed by atoms with Gasteiger partial charge in [0.2, 0.25) is 0 Å². The van der Waals surface area contributed by atoms with E-state index in [4.69, 9.17) is 19.6 Å². The summed E-state index contributed by atoms with van der Waals surface area (Å²) in [4.78, 5) is 35.1. The smallest absolute Gasteiger partial charge is 0.366 e. The van der Waals surface area contributed by atoms with Gasteiger partial charge in [-0.15, -0.1) is 10.2 Å². The summed E-state index contributed by atoms with van der Waals surface area (Å²) in [7, 11) is -10.9. The van der Waals surface area contributed by atoms with Gasteiger partial charge in [0.05, 0.1) is 6.54 Å². The molecule has 1 rings (SSSR count). The topological polar surface area (TPSA) is 166 Å². The van der Waals surface area contributed by atoms with Gasteiger partial charge in [-0.25, -0.2) is 0 Å². The Labute approximate surface area is 88.9 Å². The maximum Gasteiger partial charge on any atom is 0.371 e. The molecule has 16 heavy (non-hydrogen) atoms. The van der Waals surface area contributed by atoms with Crippen molar-refractivity contribution < 1.29 is 33.8 Å². The van der Waals surface area contributed by atoms with Crippen LogP contribution in [0.25, 0.3) is 0 Å². The maximum absolute atomic E-state index is 10.9. The van der Waals surface area contributed by atoms with Crippen molar-refractivity contribution in [1.82, 2.24) is 14.8 Å². The lowest BCUT2D eigenvalue weighted by Gasteiger charge is -2.28. The van der Waals surface area contributed by atoms with Crippen LogP contribution in [0.1, 0.15) is 0 Å². The number of hydrogen-bond acceptors (Lipinski definition) is 5. The highest BCUT2D eigenvalue weighted by Crippen LogP contribution is 2.67.